The number of unbranched alkanes of at least 4 members (excludes halogenated alkanes) is 1. The zero-order valence-corrected chi connectivity index (χ0v) is 12.3. The first kappa shape index (κ1) is 13.7. The molecule has 0 aliphatic heterocycles. The lowest BCUT2D eigenvalue weighted by Gasteiger charge is -2.08. The molecule has 2 aromatic carbocycles. The molecule has 0 fully saturated rings. The highest BCUT2D eigenvalue weighted by atomic mass is 16.5. The fourth-order valence-corrected chi connectivity index (χ4v) is 2.36. The van der Waals surface area contributed by atoms with Gasteiger partial charge in [-0.05, 0) is 36.2 Å². The molecule has 0 unspecified atom stereocenters. The van der Waals surface area contributed by atoms with Crippen LogP contribution in [0.4, 0.5) is 0 Å². The maximum absolute atomic E-state index is 5.69. The standard InChI is InChI=1S/C18H20N2O/c1-2-3-12-21-16-10-8-15(9-11-16)13-20-14-19-17-6-4-5-7-18(17)20/h4-11,14H,2-3,12-13H2,1H3. The van der Waals surface area contributed by atoms with Gasteiger partial charge in [-0.25, -0.2) is 4.98 Å². The summed E-state index contributed by atoms with van der Waals surface area (Å²) in [6, 6.07) is 16.5. The monoisotopic (exact) mass is 280 g/mol. The summed E-state index contributed by atoms with van der Waals surface area (Å²) in [6.07, 6.45) is 4.16. The quantitative estimate of drug-likeness (QED) is 0.631. The Balaban J connectivity index is 1.70. The second-order valence-corrected chi connectivity index (χ2v) is 5.21. The fraction of sp³-hybridized carbons (Fsp3) is 0.278. The van der Waals surface area contributed by atoms with Crippen LogP contribution < -0.4 is 4.74 Å². The molecule has 21 heavy (non-hydrogen) atoms. The zero-order valence-electron chi connectivity index (χ0n) is 12.3. The molecule has 0 aliphatic rings. The van der Waals surface area contributed by atoms with Crippen LogP contribution in [0.25, 0.3) is 11.0 Å². The smallest absolute Gasteiger partial charge is 0.119 e. The molecule has 108 valence electrons. The highest BCUT2D eigenvalue weighted by molar-refractivity contribution is 5.75. The van der Waals surface area contributed by atoms with Crippen molar-refractivity contribution in [3.05, 3.63) is 60.4 Å². The molecule has 0 bridgehead atoms. The van der Waals surface area contributed by atoms with E-state index in [2.05, 4.69) is 34.7 Å². The number of imidazole rings is 1. The largest absolute Gasteiger partial charge is 0.494 e. The SMILES string of the molecule is CCCCOc1ccc(Cn2cnc3ccccc32)cc1. The molecule has 0 radical (unpaired) electrons. The van der Waals surface area contributed by atoms with Gasteiger partial charge in [-0.1, -0.05) is 37.6 Å². The number of fused-ring (bicyclic) bond motifs is 1. The Kier molecular flexibility index (Phi) is 4.20. The van der Waals surface area contributed by atoms with Crippen LogP contribution in [-0.2, 0) is 6.54 Å². The van der Waals surface area contributed by atoms with Gasteiger partial charge >= 0.3 is 0 Å². The van der Waals surface area contributed by atoms with Crippen molar-refractivity contribution in [1.29, 1.82) is 0 Å². The van der Waals surface area contributed by atoms with E-state index >= 15 is 0 Å². The van der Waals surface area contributed by atoms with Gasteiger partial charge in [0.2, 0.25) is 0 Å². The van der Waals surface area contributed by atoms with Crippen LogP contribution >= 0.6 is 0 Å². The van der Waals surface area contributed by atoms with Crippen molar-refractivity contribution in [2.24, 2.45) is 0 Å². The van der Waals surface area contributed by atoms with Crippen LogP contribution in [0.15, 0.2) is 54.9 Å². The summed E-state index contributed by atoms with van der Waals surface area (Å²) in [4.78, 5) is 4.42. The highest BCUT2D eigenvalue weighted by Crippen LogP contribution is 2.17. The molecule has 0 N–H and O–H groups in total. The first-order valence-corrected chi connectivity index (χ1v) is 7.48. The lowest BCUT2D eigenvalue weighted by molar-refractivity contribution is 0.309. The summed E-state index contributed by atoms with van der Waals surface area (Å²) < 4.78 is 7.86. The number of rotatable bonds is 6. The number of aromatic nitrogens is 2. The van der Waals surface area contributed by atoms with Crippen molar-refractivity contribution in [2.45, 2.75) is 26.3 Å². The number of ether oxygens (including phenoxy) is 1. The van der Waals surface area contributed by atoms with Gasteiger partial charge < -0.3 is 9.30 Å². The van der Waals surface area contributed by atoms with E-state index < -0.39 is 0 Å². The highest BCUT2D eigenvalue weighted by Gasteiger charge is 2.02. The fourth-order valence-electron chi connectivity index (χ4n) is 2.36. The topological polar surface area (TPSA) is 27.1 Å². The van der Waals surface area contributed by atoms with Gasteiger partial charge in [0.15, 0.2) is 0 Å². The van der Waals surface area contributed by atoms with E-state index in [4.69, 9.17) is 4.74 Å². The van der Waals surface area contributed by atoms with Crippen molar-refractivity contribution < 1.29 is 4.74 Å². The molecule has 3 rings (SSSR count). The molecule has 1 aromatic heterocycles. The van der Waals surface area contributed by atoms with Gasteiger partial charge in [-0.2, -0.15) is 0 Å². The Morgan fingerprint density at radius 1 is 1.05 bits per heavy atom. The molecular formula is C18H20N2O. The van der Waals surface area contributed by atoms with Gasteiger partial charge in [0, 0.05) is 6.54 Å². The summed E-state index contributed by atoms with van der Waals surface area (Å²) in [6.45, 7) is 3.79. The Morgan fingerprint density at radius 2 is 1.86 bits per heavy atom. The molecular weight excluding hydrogens is 260 g/mol. The Hall–Kier alpha value is -2.29. The molecule has 3 aromatic rings. The van der Waals surface area contributed by atoms with Gasteiger partial charge in [-0.3, -0.25) is 0 Å². The maximum Gasteiger partial charge on any atom is 0.119 e. The second kappa shape index (κ2) is 6.44. The number of hydrogen-bond donors (Lipinski definition) is 0. The molecule has 3 heteroatoms. The molecule has 3 nitrogen and oxygen atoms in total. The number of nitrogens with zero attached hydrogens (tertiary/aromatic N) is 2. The summed E-state index contributed by atoms with van der Waals surface area (Å²) in [5, 5.41) is 0. The summed E-state index contributed by atoms with van der Waals surface area (Å²) >= 11 is 0. The van der Waals surface area contributed by atoms with Crippen molar-refractivity contribution in [3.8, 4) is 5.75 Å². The average molecular weight is 280 g/mol. The third-order valence-electron chi connectivity index (χ3n) is 3.57. The molecule has 1 heterocycles. The van der Waals surface area contributed by atoms with Gasteiger partial charge in [0.25, 0.3) is 0 Å². The van der Waals surface area contributed by atoms with E-state index in [-0.39, 0.29) is 0 Å². The van der Waals surface area contributed by atoms with Crippen molar-refractivity contribution in [3.63, 3.8) is 0 Å². The van der Waals surface area contributed by atoms with Crippen LogP contribution in [0.2, 0.25) is 0 Å². The minimum Gasteiger partial charge on any atom is -0.494 e. The molecule has 0 spiro atoms. The van der Waals surface area contributed by atoms with Gasteiger partial charge in [0.05, 0.1) is 24.0 Å². The third-order valence-corrected chi connectivity index (χ3v) is 3.57. The number of hydrogen-bond acceptors (Lipinski definition) is 2. The first-order chi connectivity index (χ1) is 10.4. The van der Waals surface area contributed by atoms with E-state index in [1.165, 1.54) is 11.1 Å². The summed E-state index contributed by atoms with van der Waals surface area (Å²) in [5.74, 6) is 0.947. The van der Waals surface area contributed by atoms with Gasteiger partial charge in [-0.15, -0.1) is 0 Å². The second-order valence-electron chi connectivity index (χ2n) is 5.21. The van der Waals surface area contributed by atoms with Crippen molar-refractivity contribution >= 4 is 11.0 Å². The van der Waals surface area contributed by atoms with Crippen LogP contribution in [0, 0.1) is 0 Å². The molecule has 0 saturated carbocycles. The van der Waals surface area contributed by atoms with Crippen LogP contribution in [-0.4, -0.2) is 16.2 Å². The van der Waals surface area contributed by atoms with Crippen LogP contribution in [0.3, 0.4) is 0 Å². The van der Waals surface area contributed by atoms with Crippen LogP contribution in [0.5, 0.6) is 5.75 Å². The average Bonchev–Trinajstić information content (AvgIpc) is 2.93. The Morgan fingerprint density at radius 3 is 2.67 bits per heavy atom. The molecule has 0 aliphatic carbocycles. The van der Waals surface area contributed by atoms with E-state index in [1.807, 2.05) is 36.7 Å². The predicted octanol–water partition coefficient (Wildman–Crippen LogP) is 4.26. The molecule has 0 saturated heterocycles. The maximum atomic E-state index is 5.69. The van der Waals surface area contributed by atoms with Crippen molar-refractivity contribution in [1.82, 2.24) is 9.55 Å². The molecule has 0 atom stereocenters. The predicted molar refractivity (Wildman–Crippen MR) is 85.7 cm³/mol. The summed E-state index contributed by atoms with van der Waals surface area (Å²) in [7, 11) is 0. The number of para-hydroxylation sites is 2. The van der Waals surface area contributed by atoms with E-state index in [0.29, 0.717) is 0 Å². The van der Waals surface area contributed by atoms with E-state index in [0.717, 1.165) is 37.3 Å². The van der Waals surface area contributed by atoms with E-state index in [1.54, 1.807) is 0 Å². The Labute approximate surface area is 125 Å². The molecule has 0 amide bonds. The number of benzene rings is 2. The minimum absolute atomic E-state index is 0.794. The minimum atomic E-state index is 0.794. The normalized spacial score (nSPS) is 10.9. The van der Waals surface area contributed by atoms with Crippen LogP contribution in [0.1, 0.15) is 25.3 Å². The third kappa shape index (κ3) is 3.24. The zero-order chi connectivity index (χ0) is 14.5. The Bertz CT molecular complexity index is 701. The van der Waals surface area contributed by atoms with Crippen molar-refractivity contribution in [2.75, 3.05) is 6.61 Å². The lowest BCUT2D eigenvalue weighted by Crippen LogP contribution is -1.99. The van der Waals surface area contributed by atoms with Gasteiger partial charge in [0.1, 0.15) is 5.75 Å². The first-order valence-electron chi connectivity index (χ1n) is 7.48. The van der Waals surface area contributed by atoms with E-state index in [9.17, 15) is 0 Å². The summed E-state index contributed by atoms with van der Waals surface area (Å²) in [5.41, 5.74) is 3.46. The lowest BCUT2D eigenvalue weighted by atomic mass is 10.2.